The van der Waals surface area contributed by atoms with Crippen LogP contribution < -0.4 is 5.32 Å². The smallest absolute Gasteiger partial charge is 0.257 e. The first-order valence-electron chi connectivity index (χ1n) is 5.59. The van der Waals surface area contributed by atoms with Crippen molar-refractivity contribution in [1.29, 1.82) is 0 Å². The average molecular weight is 222 g/mol. The number of piperazine rings is 1. The first-order valence-corrected chi connectivity index (χ1v) is 5.59. The van der Waals surface area contributed by atoms with E-state index in [-0.39, 0.29) is 11.4 Å². The molecule has 16 heavy (non-hydrogen) atoms. The molecular formula is C12H18N2O2. The molecule has 1 saturated heterocycles. The molecule has 1 aromatic rings. The molecule has 1 fully saturated rings. The zero-order valence-electron chi connectivity index (χ0n) is 10.0. The first kappa shape index (κ1) is 11.2. The van der Waals surface area contributed by atoms with E-state index in [1.807, 2.05) is 11.8 Å². The van der Waals surface area contributed by atoms with Crippen LogP contribution in [0.15, 0.2) is 16.7 Å². The van der Waals surface area contributed by atoms with E-state index < -0.39 is 0 Å². The lowest BCUT2D eigenvalue weighted by atomic mass is 9.99. The van der Waals surface area contributed by atoms with Gasteiger partial charge in [0.15, 0.2) is 0 Å². The third-order valence-corrected chi connectivity index (χ3v) is 3.13. The summed E-state index contributed by atoms with van der Waals surface area (Å²) in [5.74, 6) is 0.761. The van der Waals surface area contributed by atoms with Crippen molar-refractivity contribution in [1.82, 2.24) is 10.2 Å². The Morgan fingerprint density at radius 2 is 2.31 bits per heavy atom. The molecule has 0 radical (unpaired) electrons. The van der Waals surface area contributed by atoms with Gasteiger partial charge in [0.25, 0.3) is 5.91 Å². The van der Waals surface area contributed by atoms with E-state index in [1.54, 1.807) is 12.3 Å². The fraction of sp³-hybridized carbons (Fsp3) is 0.583. The first-order chi connectivity index (χ1) is 7.52. The van der Waals surface area contributed by atoms with E-state index in [9.17, 15) is 4.79 Å². The number of hydrogen-bond acceptors (Lipinski definition) is 3. The van der Waals surface area contributed by atoms with E-state index in [2.05, 4.69) is 19.2 Å². The fourth-order valence-electron chi connectivity index (χ4n) is 2.11. The van der Waals surface area contributed by atoms with Crippen molar-refractivity contribution in [3.63, 3.8) is 0 Å². The number of nitrogens with zero attached hydrogens (tertiary/aromatic N) is 1. The van der Waals surface area contributed by atoms with Gasteiger partial charge in [0, 0.05) is 19.6 Å². The van der Waals surface area contributed by atoms with Crippen LogP contribution in [-0.2, 0) is 0 Å². The highest BCUT2D eigenvalue weighted by Crippen LogP contribution is 2.21. The molecule has 0 unspecified atom stereocenters. The molecule has 1 N–H and O–H groups in total. The number of aryl methyl sites for hydroxylation is 1. The summed E-state index contributed by atoms with van der Waals surface area (Å²) < 4.78 is 5.18. The van der Waals surface area contributed by atoms with Crippen molar-refractivity contribution in [2.75, 3.05) is 19.6 Å². The van der Waals surface area contributed by atoms with Crippen LogP contribution in [-0.4, -0.2) is 36.0 Å². The lowest BCUT2D eigenvalue weighted by Gasteiger charge is -2.42. The summed E-state index contributed by atoms with van der Waals surface area (Å²) in [4.78, 5) is 14.3. The summed E-state index contributed by atoms with van der Waals surface area (Å²) >= 11 is 0. The summed E-state index contributed by atoms with van der Waals surface area (Å²) in [6, 6.07) is 1.75. The second-order valence-electron chi connectivity index (χ2n) is 4.84. The van der Waals surface area contributed by atoms with Crippen LogP contribution in [0.3, 0.4) is 0 Å². The molecule has 1 aliphatic rings. The molecule has 1 aliphatic heterocycles. The molecule has 0 aliphatic carbocycles. The Morgan fingerprint density at radius 3 is 2.88 bits per heavy atom. The van der Waals surface area contributed by atoms with E-state index in [4.69, 9.17) is 4.42 Å². The van der Waals surface area contributed by atoms with Crippen LogP contribution in [0.4, 0.5) is 0 Å². The van der Waals surface area contributed by atoms with E-state index in [0.717, 1.165) is 19.6 Å². The Balaban J connectivity index is 2.24. The minimum absolute atomic E-state index is 0.0674. The van der Waals surface area contributed by atoms with E-state index in [0.29, 0.717) is 11.3 Å². The number of hydrogen-bond donors (Lipinski definition) is 1. The SMILES string of the molecule is Cc1occc1C(=O)N1CCNCC1(C)C. The maximum atomic E-state index is 12.3. The van der Waals surface area contributed by atoms with Crippen molar-refractivity contribution < 1.29 is 9.21 Å². The molecule has 4 nitrogen and oxygen atoms in total. The predicted molar refractivity (Wildman–Crippen MR) is 61.4 cm³/mol. The van der Waals surface area contributed by atoms with Gasteiger partial charge in [-0.05, 0) is 26.8 Å². The van der Waals surface area contributed by atoms with Crippen LogP contribution in [0, 0.1) is 6.92 Å². The topological polar surface area (TPSA) is 45.5 Å². The Kier molecular flexibility index (Phi) is 2.76. The number of carbonyl (C=O) groups is 1. The van der Waals surface area contributed by atoms with Gasteiger partial charge in [-0.3, -0.25) is 4.79 Å². The van der Waals surface area contributed by atoms with Crippen molar-refractivity contribution in [3.05, 3.63) is 23.7 Å². The van der Waals surface area contributed by atoms with Crippen molar-refractivity contribution in [2.24, 2.45) is 0 Å². The highest BCUT2D eigenvalue weighted by molar-refractivity contribution is 5.95. The Hall–Kier alpha value is -1.29. The molecule has 0 bridgehead atoms. The van der Waals surface area contributed by atoms with E-state index in [1.165, 1.54) is 0 Å². The van der Waals surface area contributed by atoms with Gasteiger partial charge in [-0.2, -0.15) is 0 Å². The van der Waals surface area contributed by atoms with Gasteiger partial charge < -0.3 is 14.6 Å². The van der Waals surface area contributed by atoms with Crippen molar-refractivity contribution in [2.45, 2.75) is 26.3 Å². The lowest BCUT2D eigenvalue weighted by molar-refractivity contribution is 0.0476. The van der Waals surface area contributed by atoms with E-state index >= 15 is 0 Å². The normalized spacial score (nSPS) is 19.8. The highest BCUT2D eigenvalue weighted by Gasteiger charge is 2.34. The third-order valence-electron chi connectivity index (χ3n) is 3.13. The Morgan fingerprint density at radius 1 is 1.56 bits per heavy atom. The summed E-state index contributed by atoms with van der Waals surface area (Å²) in [6.45, 7) is 8.40. The summed E-state index contributed by atoms with van der Waals surface area (Å²) in [5.41, 5.74) is 0.536. The minimum atomic E-state index is -0.140. The molecule has 2 rings (SSSR count). The number of nitrogens with one attached hydrogen (secondary N) is 1. The van der Waals surface area contributed by atoms with Crippen LogP contribution >= 0.6 is 0 Å². The van der Waals surface area contributed by atoms with Crippen LogP contribution in [0.2, 0.25) is 0 Å². The number of carbonyl (C=O) groups excluding carboxylic acids is 1. The molecule has 4 heteroatoms. The monoisotopic (exact) mass is 222 g/mol. The molecule has 0 saturated carbocycles. The molecule has 0 atom stereocenters. The van der Waals surface area contributed by atoms with Gasteiger partial charge in [0.05, 0.1) is 17.4 Å². The summed E-state index contributed by atoms with van der Waals surface area (Å²) in [6.07, 6.45) is 1.57. The number of rotatable bonds is 1. The molecule has 1 aromatic heterocycles. The second kappa shape index (κ2) is 3.94. The largest absolute Gasteiger partial charge is 0.469 e. The maximum Gasteiger partial charge on any atom is 0.257 e. The minimum Gasteiger partial charge on any atom is -0.469 e. The van der Waals surface area contributed by atoms with Crippen LogP contribution in [0.1, 0.15) is 30.0 Å². The van der Waals surface area contributed by atoms with Gasteiger partial charge in [0.1, 0.15) is 5.76 Å². The zero-order valence-corrected chi connectivity index (χ0v) is 10.0. The van der Waals surface area contributed by atoms with Gasteiger partial charge in [0.2, 0.25) is 0 Å². The Labute approximate surface area is 95.6 Å². The molecule has 0 aromatic carbocycles. The van der Waals surface area contributed by atoms with Gasteiger partial charge >= 0.3 is 0 Å². The van der Waals surface area contributed by atoms with Crippen molar-refractivity contribution >= 4 is 5.91 Å². The van der Waals surface area contributed by atoms with Crippen LogP contribution in [0.25, 0.3) is 0 Å². The standard InChI is InChI=1S/C12H18N2O2/c1-9-10(4-7-16-9)11(15)14-6-5-13-8-12(14,2)3/h4,7,13H,5-6,8H2,1-3H3. The summed E-state index contributed by atoms with van der Waals surface area (Å²) in [5, 5.41) is 3.30. The fourth-order valence-corrected chi connectivity index (χ4v) is 2.11. The third kappa shape index (κ3) is 1.85. The second-order valence-corrected chi connectivity index (χ2v) is 4.84. The Bertz CT molecular complexity index is 395. The molecular weight excluding hydrogens is 204 g/mol. The highest BCUT2D eigenvalue weighted by atomic mass is 16.3. The number of amides is 1. The number of furan rings is 1. The molecule has 2 heterocycles. The zero-order chi connectivity index (χ0) is 11.8. The van der Waals surface area contributed by atoms with Crippen LogP contribution in [0.5, 0.6) is 0 Å². The maximum absolute atomic E-state index is 12.3. The summed E-state index contributed by atoms with van der Waals surface area (Å²) in [7, 11) is 0. The lowest BCUT2D eigenvalue weighted by Crippen LogP contribution is -2.59. The van der Waals surface area contributed by atoms with Gasteiger partial charge in [-0.15, -0.1) is 0 Å². The molecule has 1 amide bonds. The quantitative estimate of drug-likeness (QED) is 0.781. The van der Waals surface area contributed by atoms with Gasteiger partial charge in [-0.1, -0.05) is 0 Å². The van der Waals surface area contributed by atoms with Gasteiger partial charge in [-0.25, -0.2) is 0 Å². The van der Waals surface area contributed by atoms with Crippen molar-refractivity contribution in [3.8, 4) is 0 Å². The molecule has 0 spiro atoms. The molecule has 88 valence electrons. The average Bonchev–Trinajstić information content (AvgIpc) is 2.63. The predicted octanol–water partition coefficient (Wildman–Crippen LogP) is 1.41.